The molecule has 4 heterocycles. The maximum Gasteiger partial charge on any atom is 2.00 e. The van der Waals surface area contributed by atoms with Crippen LogP contribution < -0.4 is 4.74 Å². The number of aryl methyl sites for hydroxylation is 2. The van der Waals surface area contributed by atoms with E-state index in [-0.39, 0.29) is 26.5 Å². The molecule has 0 bridgehead atoms. The SMILES string of the molecule is Cc1cccc2c3cccc(C)c3n(-c3ccnc(-n4c5[c-]c(Oc6[c-]c(-n7ncc8ccccc87)cc(C(C)(C)C)c6)ccc5c5ccccc54)c3)c12.[Pt+2]. The van der Waals surface area contributed by atoms with Gasteiger partial charge in [0.1, 0.15) is 5.82 Å². The first kappa shape index (κ1) is 34.8. The Labute approximate surface area is 333 Å². The average Bonchev–Trinajstić information content (AvgIpc) is 3.86. The summed E-state index contributed by atoms with van der Waals surface area (Å²) in [6.45, 7) is 11.0. The Hall–Kier alpha value is -5.97. The Kier molecular flexibility index (Phi) is 8.29. The molecule has 0 saturated heterocycles. The van der Waals surface area contributed by atoms with Crippen molar-refractivity contribution < 1.29 is 25.8 Å². The molecular weight excluding hydrogens is 858 g/mol. The Morgan fingerprint density at radius 3 is 2.05 bits per heavy atom. The van der Waals surface area contributed by atoms with Crippen molar-refractivity contribution >= 4 is 54.5 Å². The summed E-state index contributed by atoms with van der Waals surface area (Å²) in [6, 6.07) is 49.6. The standard InChI is InChI=1S/C48H37N5O.Pt/c1-30-12-10-16-40-41-17-11-13-31(2)47(41)51(46(30)40)34-22-23-49-45(27-34)52-43-19-9-7-15-38(43)39-21-20-36(28-44(39)52)54-37-25-33(48(3,4)5)24-35(26-37)53-42-18-8-6-14-32(42)29-50-53;/h6-25,27,29H,1-5H3;/q-2;+2. The van der Waals surface area contributed by atoms with Crippen LogP contribution in [0.5, 0.6) is 11.5 Å². The molecule has 6 nitrogen and oxygen atoms in total. The van der Waals surface area contributed by atoms with E-state index in [0.29, 0.717) is 11.5 Å². The molecule has 0 radical (unpaired) electrons. The first-order chi connectivity index (χ1) is 26.2. The van der Waals surface area contributed by atoms with E-state index in [0.717, 1.165) is 55.5 Å². The largest absolute Gasteiger partial charge is 2.00 e. The van der Waals surface area contributed by atoms with E-state index >= 15 is 0 Å². The van der Waals surface area contributed by atoms with E-state index in [2.05, 4.69) is 159 Å². The third-order valence-electron chi connectivity index (χ3n) is 10.6. The number of hydrogen-bond donors (Lipinski definition) is 0. The molecule has 4 aromatic heterocycles. The molecule has 270 valence electrons. The zero-order valence-electron chi connectivity index (χ0n) is 31.2. The maximum absolute atomic E-state index is 6.68. The number of hydrogen-bond acceptors (Lipinski definition) is 3. The van der Waals surface area contributed by atoms with Crippen LogP contribution in [0, 0.1) is 26.0 Å². The van der Waals surface area contributed by atoms with Crippen LogP contribution >= 0.6 is 0 Å². The minimum absolute atomic E-state index is 0. The number of pyridine rings is 1. The van der Waals surface area contributed by atoms with Crippen LogP contribution in [-0.4, -0.2) is 23.9 Å². The van der Waals surface area contributed by atoms with Gasteiger partial charge < -0.3 is 13.9 Å². The topological polar surface area (TPSA) is 49.8 Å². The average molecular weight is 895 g/mol. The summed E-state index contributed by atoms with van der Waals surface area (Å²) in [5, 5.41) is 10.5. The minimum Gasteiger partial charge on any atom is -0.509 e. The normalized spacial score (nSPS) is 11.9. The van der Waals surface area contributed by atoms with Gasteiger partial charge in [-0.15, -0.1) is 41.3 Å². The monoisotopic (exact) mass is 894 g/mol. The van der Waals surface area contributed by atoms with Gasteiger partial charge in [0.2, 0.25) is 0 Å². The quantitative estimate of drug-likeness (QED) is 0.162. The first-order valence-electron chi connectivity index (χ1n) is 18.3. The summed E-state index contributed by atoms with van der Waals surface area (Å²) in [5.74, 6) is 2.00. The van der Waals surface area contributed by atoms with E-state index < -0.39 is 0 Å². The summed E-state index contributed by atoms with van der Waals surface area (Å²) >= 11 is 0. The van der Waals surface area contributed by atoms with Crippen LogP contribution in [0.15, 0.2) is 134 Å². The number of ether oxygens (including phenoxy) is 1. The summed E-state index contributed by atoms with van der Waals surface area (Å²) < 4.78 is 13.2. The molecule has 0 N–H and O–H groups in total. The Morgan fingerprint density at radius 2 is 1.31 bits per heavy atom. The van der Waals surface area contributed by atoms with Crippen LogP contribution in [0.25, 0.3) is 71.7 Å². The van der Waals surface area contributed by atoms with Gasteiger partial charge in [0.15, 0.2) is 0 Å². The second-order valence-electron chi connectivity index (χ2n) is 15.2. The second-order valence-corrected chi connectivity index (χ2v) is 15.2. The van der Waals surface area contributed by atoms with E-state index in [4.69, 9.17) is 14.8 Å². The smallest absolute Gasteiger partial charge is 0.509 e. The van der Waals surface area contributed by atoms with E-state index in [9.17, 15) is 0 Å². The number of fused-ring (bicyclic) bond motifs is 7. The number of para-hydroxylation sites is 4. The predicted octanol–water partition coefficient (Wildman–Crippen LogP) is 11.9. The van der Waals surface area contributed by atoms with Gasteiger partial charge >= 0.3 is 21.1 Å². The second kappa shape index (κ2) is 13.1. The van der Waals surface area contributed by atoms with Gasteiger partial charge in [0.25, 0.3) is 0 Å². The van der Waals surface area contributed by atoms with Gasteiger partial charge in [-0.25, -0.2) is 4.98 Å². The molecule has 10 rings (SSSR count). The fourth-order valence-electron chi connectivity index (χ4n) is 7.97. The molecule has 7 heteroatoms. The molecule has 10 aromatic rings. The molecule has 6 aromatic carbocycles. The number of benzene rings is 6. The number of nitrogens with zero attached hydrogens (tertiary/aromatic N) is 5. The van der Waals surface area contributed by atoms with Crippen LogP contribution in [0.3, 0.4) is 0 Å². The molecule has 0 fully saturated rings. The Bertz CT molecular complexity index is 3050. The molecule has 0 aliphatic heterocycles. The third-order valence-corrected chi connectivity index (χ3v) is 10.6. The Morgan fingerprint density at radius 1 is 0.618 bits per heavy atom. The summed E-state index contributed by atoms with van der Waals surface area (Å²) in [4.78, 5) is 4.99. The molecule has 55 heavy (non-hydrogen) atoms. The first-order valence-corrected chi connectivity index (χ1v) is 18.3. The molecule has 0 spiro atoms. The van der Waals surface area contributed by atoms with Crippen molar-refractivity contribution in [3.05, 3.63) is 163 Å². The van der Waals surface area contributed by atoms with E-state index in [1.807, 2.05) is 35.3 Å². The fraction of sp³-hybridized carbons (Fsp3) is 0.125. The van der Waals surface area contributed by atoms with Gasteiger partial charge in [0, 0.05) is 45.4 Å². The van der Waals surface area contributed by atoms with Crippen molar-refractivity contribution in [2.24, 2.45) is 0 Å². The predicted molar refractivity (Wildman–Crippen MR) is 220 cm³/mol. The Balaban J connectivity index is 0.00000397. The zero-order chi connectivity index (χ0) is 36.7. The van der Waals surface area contributed by atoms with Gasteiger partial charge in [0.05, 0.1) is 28.4 Å². The van der Waals surface area contributed by atoms with Crippen LogP contribution in [0.4, 0.5) is 0 Å². The van der Waals surface area contributed by atoms with E-state index in [1.54, 1.807) is 0 Å². The van der Waals surface area contributed by atoms with Gasteiger partial charge in [-0.3, -0.25) is 4.68 Å². The van der Waals surface area contributed by atoms with Crippen LogP contribution in [-0.2, 0) is 26.5 Å². The van der Waals surface area contributed by atoms with Gasteiger partial charge in [-0.1, -0.05) is 99.1 Å². The summed E-state index contributed by atoms with van der Waals surface area (Å²) in [7, 11) is 0. The van der Waals surface area contributed by atoms with Crippen molar-refractivity contribution in [2.45, 2.75) is 40.0 Å². The van der Waals surface area contributed by atoms with Crippen molar-refractivity contribution in [1.82, 2.24) is 23.9 Å². The van der Waals surface area contributed by atoms with Crippen molar-refractivity contribution in [1.29, 1.82) is 0 Å². The molecule has 0 amide bonds. The zero-order valence-corrected chi connectivity index (χ0v) is 33.4. The van der Waals surface area contributed by atoms with Crippen LogP contribution in [0.1, 0.15) is 37.5 Å². The number of rotatable bonds is 5. The molecule has 0 unspecified atom stereocenters. The number of aromatic nitrogens is 5. The van der Waals surface area contributed by atoms with Crippen LogP contribution in [0.2, 0.25) is 0 Å². The molecule has 0 atom stereocenters. The summed E-state index contributed by atoms with van der Waals surface area (Å²) in [5.41, 5.74) is 10.7. The van der Waals surface area contributed by atoms with Crippen molar-refractivity contribution in [3.8, 4) is 28.7 Å². The fourth-order valence-corrected chi connectivity index (χ4v) is 7.97. The third kappa shape index (κ3) is 5.66. The van der Waals surface area contributed by atoms with Gasteiger partial charge in [-0.05, 0) is 59.7 Å². The van der Waals surface area contributed by atoms with Gasteiger partial charge in [-0.2, -0.15) is 11.2 Å². The minimum atomic E-state index is -0.130. The van der Waals surface area contributed by atoms with E-state index in [1.165, 1.54) is 32.9 Å². The molecule has 0 aliphatic rings. The molecular formula is C48H37N5OPt. The van der Waals surface area contributed by atoms with Crippen molar-refractivity contribution in [3.63, 3.8) is 0 Å². The molecule has 0 saturated carbocycles. The summed E-state index contributed by atoms with van der Waals surface area (Å²) in [6.07, 6.45) is 3.80. The maximum atomic E-state index is 6.68. The molecule has 0 aliphatic carbocycles. The van der Waals surface area contributed by atoms with Crippen molar-refractivity contribution in [2.75, 3.05) is 0 Å².